The molecule has 0 fully saturated rings. The number of rotatable bonds is 0. The van der Waals surface area contributed by atoms with Crippen LogP contribution in [-0.2, 0) is 0 Å². The predicted octanol–water partition coefficient (Wildman–Crippen LogP) is -0.460. The molecule has 0 aliphatic rings. The summed E-state index contributed by atoms with van der Waals surface area (Å²) < 4.78 is 0. The zero-order valence-corrected chi connectivity index (χ0v) is 7.18. The highest BCUT2D eigenvalue weighted by molar-refractivity contribution is 4.81. The average molecular weight is 192 g/mol. The number of hydrogen-bond acceptors (Lipinski definition) is 4. The summed E-state index contributed by atoms with van der Waals surface area (Å²) in [5, 5.41) is 5.67. The molecule has 0 aliphatic carbocycles. The smallest absolute Gasteiger partial charge is 0.313 e. The molecule has 2 rings (SSSR count). The number of hydrogen-bond donors (Lipinski definition) is 2. The van der Waals surface area contributed by atoms with E-state index in [9.17, 15) is 9.59 Å². The molecule has 0 saturated carbocycles. The minimum absolute atomic E-state index is 0.164. The van der Waals surface area contributed by atoms with Crippen LogP contribution in [-0.4, -0.2) is 20.2 Å². The maximum Gasteiger partial charge on any atom is 0.344 e. The first-order valence-electron chi connectivity index (χ1n) is 3.78. The van der Waals surface area contributed by atoms with E-state index >= 15 is 0 Å². The molecule has 14 heavy (non-hydrogen) atoms. The number of aromatic nitrogens is 4. The Morgan fingerprint density at radius 3 is 2.29 bits per heavy atom. The van der Waals surface area contributed by atoms with Crippen LogP contribution in [0.1, 0.15) is 0 Å². The van der Waals surface area contributed by atoms with Crippen molar-refractivity contribution in [1.29, 1.82) is 0 Å². The van der Waals surface area contributed by atoms with Gasteiger partial charge >= 0.3 is 5.69 Å². The molecule has 0 amide bonds. The molecule has 72 valence electrons. The third kappa shape index (κ3) is 3.96. The van der Waals surface area contributed by atoms with Gasteiger partial charge in [0, 0.05) is 24.7 Å². The third-order valence-electron chi connectivity index (χ3n) is 1.16. The molecule has 0 bridgehead atoms. The van der Waals surface area contributed by atoms with Gasteiger partial charge in [0.25, 0.3) is 5.56 Å². The molecule has 6 heteroatoms. The van der Waals surface area contributed by atoms with Crippen molar-refractivity contribution in [3.8, 4) is 0 Å². The van der Waals surface area contributed by atoms with E-state index in [0.29, 0.717) is 0 Å². The summed E-state index contributed by atoms with van der Waals surface area (Å²) >= 11 is 0. The van der Waals surface area contributed by atoms with Crippen molar-refractivity contribution >= 4 is 0 Å². The first kappa shape index (κ1) is 9.85. The largest absolute Gasteiger partial charge is 0.344 e. The molecule has 2 aromatic heterocycles. The summed E-state index contributed by atoms with van der Waals surface area (Å²) in [6.45, 7) is 0. The van der Waals surface area contributed by atoms with Gasteiger partial charge in [-0.05, 0) is 12.1 Å². The second-order valence-corrected chi connectivity index (χ2v) is 2.20. The standard InChI is InChI=1S/2C4H4N2O/c7-4-5-2-1-3-6-4;7-4-2-1-3-5-6-4/h1-3H,(H,5,6,7);1-3H,(H,6,7). The van der Waals surface area contributed by atoms with Gasteiger partial charge in [-0.25, -0.2) is 14.9 Å². The molecule has 0 saturated heterocycles. The van der Waals surface area contributed by atoms with E-state index in [0.717, 1.165) is 0 Å². The van der Waals surface area contributed by atoms with Crippen LogP contribution < -0.4 is 11.2 Å². The van der Waals surface area contributed by atoms with E-state index in [-0.39, 0.29) is 11.2 Å². The van der Waals surface area contributed by atoms with Crippen molar-refractivity contribution in [1.82, 2.24) is 20.2 Å². The molecule has 2 N–H and O–H groups in total. The lowest BCUT2D eigenvalue weighted by molar-refractivity contribution is 0.988. The average Bonchev–Trinajstić information content (AvgIpc) is 2.21. The van der Waals surface area contributed by atoms with Gasteiger partial charge in [-0.2, -0.15) is 5.10 Å². The van der Waals surface area contributed by atoms with Crippen LogP contribution in [0.4, 0.5) is 0 Å². The Bertz CT molecular complexity index is 396. The normalized spacial score (nSPS) is 8.57. The summed E-state index contributed by atoms with van der Waals surface area (Å²) in [4.78, 5) is 26.0. The fourth-order valence-electron chi connectivity index (χ4n) is 0.622. The first-order chi connectivity index (χ1) is 6.79. The van der Waals surface area contributed by atoms with Crippen molar-refractivity contribution in [3.05, 3.63) is 57.6 Å². The molecule has 0 radical (unpaired) electrons. The first-order valence-corrected chi connectivity index (χ1v) is 3.78. The summed E-state index contributed by atoms with van der Waals surface area (Å²) in [7, 11) is 0. The fraction of sp³-hybridized carbons (Fsp3) is 0. The van der Waals surface area contributed by atoms with Crippen molar-refractivity contribution in [2.45, 2.75) is 0 Å². The zero-order valence-electron chi connectivity index (χ0n) is 7.18. The summed E-state index contributed by atoms with van der Waals surface area (Å²) in [6.07, 6.45) is 4.50. The molecular formula is C8H8N4O2. The summed E-state index contributed by atoms with van der Waals surface area (Å²) in [6, 6.07) is 4.65. The lowest BCUT2D eigenvalue weighted by atomic mass is 10.6. The zero-order chi connectivity index (χ0) is 10.2. The number of aromatic amines is 2. The lowest BCUT2D eigenvalue weighted by Gasteiger charge is -1.72. The topological polar surface area (TPSA) is 91.5 Å². The van der Waals surface area contributed by atoms with Gasteiger partial charge in [-0.1, -0.05) is 0 Å². The van der Waals surface area contributed by atoms with Gasteiger partial charge in [-0.15, -0.1) is 0 Å². The van der Waals surface area contributed by atoms with Crippen LogP contribution in [0.3, 0.4) is 0 Å². The van der Waals surface area contributed by atoms with Crippen LogP contribution in [0.2, 0.25) is 0 Å². The highest BCUT2D eigenvalue weighted by atomic mass is 16.1. The minimum atomic E-state index is -0.303. The minimum Gasteiger partial charge on any atom is -0.313 e. The second kappa shape index (κ2) is 5.41. The fourth-order valence-corrected chi connectivity index (χ4v) is 0.622. The summed E-state index contributed by atoms with van der Waals surface area (Å²) in [5.74, 6) is 0. The van der Waals surface area contributed by atoms with Crippen molar-refractivity contribution in [2.24, 2.45) is 0 Å². The summed E-state index contributed by atoms with van der Waals surface area (Å²) in [5.41, 5.74) is -0.468. The maximum atomic E-state index is 10.2. The van der Waals surface area contributed by atoms with Gasteiger partial charge in [0.05, 0.1) is 0 Å². The van der Waals surface area contributed by atoms with E-state index in [1.54, 1.807) is 12.1 Å². The van der Waals surface area contributed by atoms with Crippen molar-refractivity contribution in [2.75, 3.05) is 0 Å². The van der Waals surface area contributed by atoms with Gasteiger partial charge in [0.15, 0.2) is 0 Å². The molecule has 0 aromatic carbocycles. The van der Waals surface area contributed by atoms with Crippen LogP contribution in [0.15, 0.2) is 46.4 Å². The van der Waals surface area contributed by atoms with Gasteiger partial charge in [0.1, 0.15) is 0 Å². The van der Waals surface area contributed by atoms with E-state index < -0.39 is 0 Å². The monoisotopic (exact) mass is 192 g/mol. The van der Waals surface area contributed by atoms with Gasteiger partial charge < -0.3 is 4.98 Å². The van der Waals surface area contributed by atoms with Crippen molar-refractivity contribution in [3.63, 3.8) is 0 Å². The molecule has 0 aliphatic heterocycles. The molecule has 0 atom stereocenters. The van der Waals surface area contributed by atoms with E-state index in [1.165, 1.54) is 24.7 Å². The molecule has 2 aromatic rings. The Hall–Kier alpha value is -2.24. The Morgan fingerprint density at radius 1 is 1.14 bits per heavy atom. The lowest BCUT2D eigenvalue weighted by Crippen LogP contribution is -2.05. The second-order valence-electron chi connectivity index (χ2n) is 2.20. The van der Waals surface area contributed by atoms with Crippen molar-refractivity contribution < 1.29 is 0 Å². The Kier molecular flexibility index (Phi) is 3.81. The highest BCUT2D eigenvalue weighted by Crippen LogP contribution is 1.61. The Labute approximate surface area is 78.7 Å². The van der Waals surface area contributed by atoms with Crippen LogP contribution in [0.25, 0.3) is 0 Å². The maximum absolute atomic E-state index is 10.2. The Balaban J connectivity index is 0.000000140. The highest BCUT2D eigenvalue weighted by Gasteiger charge is 1.71. The number of nitrogens with zero attached hydrogens (tertiary/aromatic N) is 2. The van der Waals surface area contributed by atoms with E-state index in [2.05, 4.69) is 20.2 Å². The molecule has 0 unspecified atom stereocenters. The molecule has 6 nitrogen and oxygen atoms in total. The van der Waals surface area contributed by atoms with Crippen LogP contribution >= 0.6 is 0 Å². The third-order valence-corrected chi connectivity index (χ3v) is 1.16. The number of H-pyrrole nitrogens is 2. The van der Waals surface area contributed by atoms with Crippen LogP contribution in [0.5, 0.6) is 0 Å². The van der Waals surface area contributed by atoms with Crippen LogP contribution in [0, 0.1) is 0 Å². The molecular weight excluding hydrogens is 184 g/mol. The van der Waals surface area contributed by atoms with Gasteiger partial charge in [-0.3, -0.25) is 4.79 Å². The predicted molar refractivity (Wildman–Crippen MR) is 49.7 cm³/mol. The quantitative estimate of drug-likeness (QED) is 0.590. The van der Waals surface area contributed by atoms with E-state index in [1.807, 2.05) is 0 Å². The molecule has 0 spiro atoms. The molecule has 2 heterocycles. The Morgan fingerprint density at radius 2 is 2.00 bits per heavy atom. The number of nitrogens with one attached hydrogen (secondary N) is 2. The van der Waals surface area contributed by atoms with E-state index in [4.69, 9.17) is 0 Å². The SMILES string of the molecule is O=c1cccn[nH]1.O=c1nccc[nH]1. The van der Waals surface area contributed by atoms with Gasteiger partial charge in [0.2, 0.25) is 0 Å².